The molecule has 1 atom stereocenters. The standard InChI is InChI=1S/C23H32ClN3O2/c24-20-9-11-21(12-10-20)26-23(29)27-16-4-7-19(17-27)8-13-22(28)25-15-14-18-5-2-1-3-6-18/h5,9-12,19H,1-4,6-8,13-17H2,(H,25,28)(H,26,29)/t19-/m1/s1. The number of benzene rings is 1. The number of carbonyl (C=O) groups excluding carboxylic acids is 2. The van der Waals surface area contributed by atoms with Crippen LogP contribution in [0, 0.1) is 5.92 Å². The third-order valence-electron chi connectivity index (χ3n) is 5.83. The van der Waals surface area contributed by atoms with Crippen LogP contribution in [0.3, 0.4) is 0 Å². The number of piperidine rings is 1. The number of hydrogen-bond donors (Lipinski definition) is 2. The average molecular weight is 418 g/mol. The minimum atomic E-state index is -0.0813. The van der Waals surface area contributed by atoms with Gasteiger partial charge in [-0.05, 0) is 81.5 Å². The van der Waals surface area contributed by atoms with Gasteiger partial charge in [-0.2, -0.15) is 0 Å². The summed E-state index contributed by atoms with van der Waals surface area (Å²) in [5.74, 6) is 0.510. The van der Waals surface area contributed by atoms with Crippen molar-refractivity contribution in [3.63, 3.8) is 0 Å². The fraction of sp³-hybridized carbons (Fsp3) is 0.565. The Balaban J connectivity index is 1.35. The minimum Gasteiger partial charge on any atom is -0.356 e. The van der Waals surface area contributed by atoms with Crippen molar-refractivity contribution in [1.29, 1.82) is 0 Å². The molecule has 0 radical (unpaired) electrons. The number of anilines is 1. The molecule has 3 amide bonds. The molecule has 0 spiro atoms. The van der Waals surface area contributed by atoms with E-state index in [2.05, 4.69) is 16.7 Å². The number of urea groups is 1. The van der Waals surface area contributed by atoms with Gasteiger partial charge >= 0.3 is 6.03 Å². The first-order chi connectivity index (χ1) is 14.1. The fourth-order valence-electron chi connectivity index (χ4n) is 4.14. The Morgan fingerprint density at radius 2 is 1.97 bits per heavy atom. The highest BCUT2D eigenvalue weighted by atomic mass is 35.5. The zero-order chi connectivity index (χ0) is 20.5. The van der Waals surface area contributed by atoms with Crippen molar-refractivity contribution < 1.29 is 9.59 Å². The number of halogens is 1. The van der Waals surface area contributed by atoms with Crippen LogP contribution in [0.25, 0.3) is 0 Å². The van der Waals surface area contributed by atoms with E-state index in [4.69, 9.17) is 11.6 Å². The number of rotatable bonds is 7. The Morgan fingerprint density at radius 1 is 1.14 bits per heavy atom. The monoisotopic (exact) mass is 417 g/mol. The van der Waals surface area contributed by atoms with Gasteiger partial charge in [0, 0.05) is 36.8 Å². The Bertz CT molecular complexity index is 717. The van der Waals surface area contributed by atoms with E-state index < -0.39 is 0 Å². The molecular formula is C23H32ClN3O2. The van der Waals surface area contributed by atoms with E-state index >= 15 is 0 Å². The van der Waals surface area contributed by atoms with Gasteiger partial charge in [-0.25, -0.2) is 4.79 Å². The first kappa shape index (κ1) is 21.7. The van der Waals surface area contributed by atoms with Crippen molar-refractivity contribution in [2.75, 3.05) is 25.0 Å². The van der Waals surface area contributed by atoms with E-state index in [1.165, 1.54) is 31.3 Å². The van der Waals surface area contributed by atoms with Crippen LogP contribution in [0.4, 0.5) is 10.5 Å². The number of hydrogen-bond acceptors (Lipinski definition) is 2. The molecule has 0 bridgehead atoms. The molecule has 29 heavy (non-hydrogen) atoms. The number of carbonyl (C=O) groups is 2. The predicted molar refractivity (Wildman–Crippen MR) is 118 cm³/mol. The summed E-state index contributed by atoms with van der Waals surface area (Å²) in [5.41, 5.74) is 2.24. The quantitative estimate of drug-likeness (QED) is 0.585. The second-order valence-corrected chi connectivity index (χ2v) is 8.57. The van der Waals surface area contributed by atoms with Crippen LogP contribution in [-0.2, 0) is 4.79 Å². The van der Waals surface area contributed by atoms with Crippen molar-refractivity contribution in [3.8, 4) is 0 Å². The summed E-state index contributed by atoms with van der Waals surface area (Å²) in [6.07, 6.45) is 11.7. The topological polar surface area (TPSA) is 61.4 Å². The maximum absolute atomic E-state index is 12.5. The lowest BCUT2D eigenvalue weighted by atomic mass is 9.93. The molecule has 158 valence electrons. The van der Waals surface area contributed by atoms with Gasteiger partial charge in [0.1, 0.15) is 0 Å². The molecule has 5 nitrogen and oxygen atoms in total. The van der Waals surface area contributed by atoms with Gasteiger partial charge in [0.2, 0.25) is 5.91 Å². The van der Waals surface area contributed by atoms with Gasteiger partial charge in [-0.1, -0.05) is 23.3 Å². The molecule has 1 fully saturated rings. The molecule has 0 unspecified atom stereocenters. The molecule has 2 aliphatic rings. The number of nitrogens with zero attached hydrogens (tertiary/aromatic N) is 1. The third-order valence-corrected chi connectivity index (χ3v) is 6.09. The van der Waals surface area contributed by atoms with Crippen molar-refractivity contribution in [1.82, 2.24) is 10.2 Å². The molecule has 0 saturated carbocycles. The van der Waals surface area contributed by atoms with Crippen LogP contribution in [0.2, 0.25) is 5.02 Å². The van der Waals surface area contributed by atoms with Crippen LogP contribution in [0.15, 0.2) is 35.9 Å². The summed E-state index contributed by atoms with van der Waals surface area (Å²) in [4.78, 5) is 26.6. The molecule has 1 aromatic carbocycles. The summed E-state index contributed by atoms with van der Waals surface area (Å²) in [6.45, 7) is 2.21. The first-order valence-electron chi connectivity index (χ1n) is 10.9. The maximum atomic E-state index is 12.5. The van der Waals surface area contributed by atoms with Gasteiger partial charge in [-0.15, -0.1) is 0 Å². The molecule has 6 heteroatoms. The molecule has 0 aromatic heterocycles. The molecule has 3 rings (SSSR count). The van der Waals surface area contributed by atoms with Crippen LogP contribution >= 0.6 is 11.6 Å². The van der Waals surface area contributed by atoms with E-state index in [-0.39, 0.29) is 11.9 Å². The molecule has 1 heterocycles. The van der Waals surface area contributed by atoms with E-state index in [9.17, 15) is 9.59 Å². The minimum absolute atomic E-state index is 0.0813. The predicted octanol–water partition coefficient (Wildman–Crippen LogP) is 5.37. The molecule has 1 saturated heterocycles. The van der Waals surface area contributed by atoms with Gasteiger partial charge < -0.3 is 15.5 Å². The Hall–Kier alpha value is -2.01. The Morgan fingerprint density at radius 3 is 2.72 bits per heavy atom. The van der Waals surface area contributed by atoms with Crippen LogP contribution in [0.5, 0.6) is 0 Å². The lowest BCUT2D eigenvalue weighted by Gasteiger charge is -2.32. The number of allylic oxidation sites excluding steroid dienone is 1. The molecule has 1 aromatic rings. The summed E-state index contributed by atoms with van der Waals surface area (Å²) in [6, 6.07) is 7.05. The second-order valence-electron chi connectivity index (χ2n) is 8.14. The number of amides is 3. The summed E-state index contributed by atoms with van der Waals surface area (Å²) in [5, 5.41) is 6.63. The van der Waals surface area contributed by atoms with E-state index in [1.54, 1.807) is 24.3 Å². The summed E-state index contributed by atoms with van der Waals surface area (Å²) >= 11 is 5.89. The van der Waals surface area contributed by atoms with Crippen molar-refractivity contribution in [3.05, 3.63) is 40.9 Å². The molecular weight excluding hydrogens is 386 g/mol. The highest BCUT2D eigenvalue weighted by Gasteiger charge is 2.24. The van der Waals surface area contributed by atoms with E-state index in [1.807, 2.05) is 4.90 Å². The highest BCUT2D eigenvalue weighted by Crippen LogP contribution is 2.23. The van der Waals surface area contributed by atoms with E-state index in [0.717, 1.165) is 44.5 Å². The summed E-state index contributed by atoms with van der Waals surface area (Å²) < 4.78 is 0. The van der Waals surface area contributed by atoms with Crippen LogP contribution in [0.1, 0.15) is 57.8 Å². The van der Waals surface area contributed by atoms with Gasteiger partial charge in [0.25, 0.3) is 0 Å². The number of likely N-dealkylation sites (tertiary alicyclic amines) is 1. The normalized spacial score (nSPS) is 19.4. The van der Waals surface area contributed by atoms with Crippen molar-refractivity contribution in [2.24, 2.45) is 5.92 Å². The van der Waals surface area contributed by atoms with Crippen LogP contribution < -0.4 is 10.6 Å². The first-order valence-corrected chi connectivity index (χ1v) is 11.2. The van der Waals surface area contributed by atoms with E-state index in [0.29, 0.717) is 23.9 Å². The van der Waals surface area contributed by atoms with Crippen molar-refractivity contribution in [2.45, 2.75) is 57.8 Å². The lowest BCUT2D eigenvalue weighted by Crippen LogP contribution is -2.42. The third kappa shape index (κ3) is 7.39. The maximum Gasteiger partial charge on any atom is 0.321 e. The SMILES string of the molecule is O=C(CC[C@H]1CCCN(C(=O)Nc2ccc(Cl)cc2)C1)NCCC1=CCCCC1. The van der Waals surface area contributed by atoms with Crippen molar-refractivity contribution >= 4 is 29.2 Å². The van der Waals surface area contributed by atoms with Gasteiger partial charge in [0.15, 0.2) is 0 Å². The highest BCUT2D eigenvalue weighted by molar-refractivity contribution is 6.30. The molecule has 1 aliphatic carbocycles. The largest absolute Gasteiger partial charge is 0.356 e. The average Bonchev–Trinajstić information content (AvgIpc) is 2.75. The Labute approximate surface area is 178 Å². The number of nitrogens with one attached hydrogen (secondary N) is 2. The zero-order valence-electron chi connectivity index (χ0n) is 17.1. The lowest BCUT2D eigenvalue weighted by molar-refractivity contribution is -0.121. The van der Waals surface area contributed by atoms with Gasteiger partial charge in [-0.3, -0.25) is 4.79 Å². The zero-order valence-corrected chi connectivity index (χ0v) is 17.8. The van der Waals surface area contributed by atoms with Crippen LogP contribution in [-0.4, -0.2) is 36.5 Å². The fourth-order valence-corrected chi connectivity index (χ4v) is 4.26. The second kappa shape index (κ2) is 11.2. The Kier molecular flexibility index (Phi) is 8.41. The molecule has 1 aliphatic heterocycles. The smallest absolute Gasteiger partial charge is 0.321 e. The summed E-state index contributed by atoms with van der Waals surface area (Å²) in [7, 11) is 0. The van der Waals surface area contributed by atoms with Gasteiger partial charge in [0.05, 0.1) is 0 Å². The molecule has 2 N–H and O–H groups in total.